The van der Waals surface area contributed by atoms with Crippen molar-refractivity contribution < 1.29 is 14.5 Å². The van der Waals surface area contributed by atoms with E-state index in [1.807, 2.05) is 25.2 Å². The predicted octanol–water partition coefficient (Wildman–Crippen LogP) is 7.48. The monoisotopic (exact) mass is 516 g/mol. The zero-order chi connectivity index (χ0) is 26.7. The Hall–Kier alpha value is -2.76. The standard InChI is InChI=1S/C32H40N2O4/c1-21-6-5-19-33-32(20-21,38-23-10-8-22(9-11-23)34(36)37)29-27-13-12-24-25-7-4-16-30(25,2)17-14-26(24)31(27,3)18-15-28(29)35/h5-6,8-11,19-20,24-27,29H,4,7,12-18H2,1-3H3/t24-,25-,26-,27?,29?,30-,31+,32?/m0/s1. The van der Waals surface area contributed by atoms with Crippen LogP contribution in [0.2, 0.25) is 0 Å². The number of rotatable bonds is 4. The summed E-state index contributed by atoms with van der Waals surface area (Å²) < 4.78 is 6.70. The molecule has 0 aromatic heterocycles. The minimum Gasteiger partial charge on any atom is -0.462 e. The number of carbonyl (C=O) groups is 1. The molecule has 38 heavy (non-hydrogen) atoms. The summed E-state index contributed by atoms with van der Waals surface area (Å²) in [4.78, 5) is 29.7. The third-order valence-corrected chi connectivity index (χ3v) is 11.3. The van der Waals surface area contributed by atoms with Crippen LogP contribution in [-0.4, -0.2) is 22.6 Å². The first kappa shape index (κ1) is 25.5. The van der Waals surface area contributed by atoms with Gasteiger partial charge in [-0.3, -0.25) is 14.9 Å². The molecule has 4 fully saturated rings. The third kappa shape index (κ3) is 3.97. The van der Waals surface area contributed by atoms with E-state index in [4.69, 9.17) is 9.73 Å². The number of ether oxygens (including phenoxy) is 1. The molecule has 6 rings (SSSR count). The predicted molar refractivity (Wildman–Crippen MR) is 148 cm³/mol. The van der Waals surface area contributed by atoms with Crippen molar-refractivity contribution in [2.45, 2.75) is 84.3 Å². The number of benzene rings is 1. The molecule has 3 unspecified atom stereocenters. The van der Waals surface area contributed by atoms with Crippen LogP contribution in [0.3, 0.4) is 0 Å². The Bertz CT molecular complexity index is 1220. The van der Waals surface area contributed by atoms with Crippen LogP contribution < -0.4 is 4.74 Å². The highest BCUT2D eigenvalue weighted by atomic mass is 16.6. The zero-order valence-corrected chi connectivity index (χ0v) is 22.9. The second-order valence-corrected chi connectivity index (χ2v) is 13.2. The largest absolute Gasteiger partial charge is 0.462 e. The van der Waals surface area contributed by atoms with Gasteiger partial charge >= 0.3 is 0 Å². The van der Waals surface area contributed by atoms with Gasteiger partial charge in [-0.15, -0.1) is 0 Å². The van der Waals surface area contributed by atoms with Crippen LogP contribution in [-0.2, 0) is 4.79 Å². The molecule has 0 saturated heterocycles. The van der Waals surface area contributed by atoms with Crippen molar-refractivity contribution in [3.8, 4) is 5.75 Å². The molecule has 4 aliphatic carbocycles. The molecule has 202 valence electrons. The van der Waals surface area contributed by atoms with Crippen molar-refractivity contribution in [3.63, 3.8) is 0 Å². The molecular formula is C32H40N2O4. The number of nitro groups is 1. The van der Waals surface area contributed by atoms with Crippen molar-refractivity contribution in [2.24, 2.45) is 45.4 Å². The molecule has 8 atom stereocenters. The van der Waals surface area contributed by atoms with Gasteiger partial charge in [0.15, 0.2) is 0 Å². The SMILES string of the molecule is CC1=CC(Oc2ccc([N+](=O)[O-])cc2)(C2C(=O)CC[C@@]3(C)C2CC[C@H]2[C@@H]4CCC[C@@]4(C)CC[C@@H]23)N=CC=C1. The fraction of sp³-hybridized carbons (Fsp3) is 0.625. The molecule has 0 spiro atoms. The second-order valence-electron chi connectivity index (χ2n) is 13.2. The van der Waals surface area contributed by atoms with Gasteiger partial charge in [0.2, 0.25) is 5.72 Å². The van der Waals surface area contributed by atoms with Gasteiger partial charge in [-0.05, 0) is 116 Å². The van der Waals surface area contributed by atoms with E-state index in [1.54, 1.807) is 18.3 Å². The maximum absolute atomic E-state index is 13.9. The molecule has 6 nitrogen and oxygen atoms in total. The number of nitrogens with zero attached hydrogens (tertiary/aromatic N) is 2. The topological polar surface area (TPSA) is 81.8 Å². The molecule has 6 heteroatoms. The quantitative estimate of drug-likeness (QED) is 0.307. The van der Waals surface area contributed by atoms with E-state index in [-0.39, 0.29) is 28.7 Å². The lowest BCUT2D eigenvalue weighted by atomic mass is 9.43. The number of carbonyl (C=O) groups excluding carboxylic acids is 1. The van der Waals surface area contributed by atoms with Crippen LogP contribution in [0.5, 0.6) is 5.75 Å². The molecule has 0 radical (unpaired) electrons. The van der Waals surface area contributed by atoms with Crippen molar-refractivity contribution in [1.29, 1.82) is 0 Å². The van der Waals surface area contributed by atoms with E-state index < -0.39 is 10.6 Å². The first-order valence-electron chi connectivity index (χ1n) is 14.5. The molecule has 1 aromatic rings. The average Bonchev–Trinajstić information content (AvgIpc) is 3.19. The van der Waals surface area contributed by atoms with Crippen LogP contribution in [0.1, 0.15) is 78.6 Å². The van der Waals surface area contributed by atoms with Gasteiger partial charge in [-0.25, -0.2) is 4.99 Å². The number of hydrogen-bond donors (Lipinski definition) is 0. The average molecular weight is 517 g/mol. The van der Waals surface area contributed by atoms with Gasteiger partial charge in [0, 0.05) is 24.8 Å². The Balaban J connectivity index is 1.39. The number of hydrogen-bond acceptors (Lipinski definition) is 5. The van der Waals surface area contributed by atoms with Gasteiger partial charge in [-0.2, -0.15) is 0 Å². The Kier molecular flexibility index (Phi) is 6.16. The van der Waals surface area contributed by atoms with E-state index >= 15 is 0 Å². The number of fused-ring (bicyclic) bond motifs is 5. The molecule has 4 saturated carbocycles. The van der Waals surface area contributed by atoms with Gasteiger partial charge in [0.1, 0.15) is 11.5 Å². The Morgan fingerprint density at radius 3 is 2.55 bits per heavy atom. The van der Waals surface area contributed by atoms with Crippen LogP contribution in [0.25, 0.3) is 0 Å². The minimum atomic E-state index is -1.17. The van der Waals surface area contributed by atoms with Crippen molar-refractivity contribution in [3.05, 3.63) is 58.2 Å². The Morgan fingerprint density at radius 1 is 1.00 bits per heavy atom. The fourth-order valence-electron chi connectivity index (χ4n) is 9.57. The number of nitro benzene ring substituents is 1. The molecule has 1 aromatic carbocycles. The molecule has 0 amide bonds. The van der Waals surface area contributed by atoms with Crippen LogP contribution in [0, 0.1) is 50.5 Å². The summed E-state index contributed by atoms with van der Waals surface area (Å²) >= 11 is 0. The van der Waals surface area contributed by atoms with Crippen LogP contribution >= 0.6 is 0 Å². The highest BCUT2D eigenvalue weighted by Crippen LogP contribution is 2.67. The molecular weight excluding hydrogens is 476 g/mol. The number of ketones is 1. The van der Waals surface area contributed by atoms with E-state index in [2.05, 4.69) is 13.8 Å². The molecule has 5 aliphatic rings. The number of non-ortho nitro benzene ring substituents is 1. The van der Waals surface area contributed by atoms with Crippen molar-refractivity contribution in [2.75, 3.05) is 0 Å². The van der Waals surface area contributed by atoms with Crippen LogP contribution in [0.4, 0.5) is 5.69 Å². The lowest BCUT2D eigenvalue weighted by molar-refractivity contribution is -0.384. The maximum atomic E-state index is 13.9. The number of Topliss-reactive ketones (excluding diaryl/α,β-unsaturated/α-hetero) is 1. The van der Waals surface area contributed by atoms with Gasteiger partial charge in [0.25, 0.3) is 5.69 Å². The van der Waals surface area contributed by atoms with Crippen LogP contribution in [0.15, 0.2) is 53.1 Å². The van der Waals surface area contributed by atoms with E-state index in [1.165, 1.54) is 50.7 Å². The highest BCUT2D eigenvalue weighted by Gasteiger charge is 2.63. The zero-order valence-electron chi connectivity index (χ0n) is 22.9. The van der Waals surface area contributed by atoms with Crippen molar-refractivity contribution in [1.82, 2.24) is 0 Å². The Labute approximate surface area is 225 Å². The van der Waals surface area contributed by atoms with E-state index in [0.717, 1.165) is 30.3 Å². The lowest BCUT2D eigenvalue weighted by Crippen LogP contribution is -2.60. The summed E-state index contributed by atoms with van der Waals surface area (Å²) in [5.74, 6) is 2.75. The van der Waals surface area contributed by atoms with Gasteiger partial charge in [-0.1, -0.05) is 26.3 Å². The lowest BCUT2D eigenvalue weighted by Gasteiger charge is -2.62. The summed E-state index contributed by atoms with van der Waals surface area (Å²) in [6.45, 7) is 7.03. The fourth-order valence-corrected chi connectivity index (χ4v) is 9.57. The number of aliphatic imine (C=N–C) groups is 1. The van der Waals surface area contributed by atoms with E-state index in [9.17, 15) is 14.9 Å². The molecule has 0 bridgehead atoms. The first-order valence-corrected chi connectivity index (χ1v) is 14.5. The normalized spacial score (nSPS) is 41.9. The minimum absolute atomic E-state index is 0.0139. The molecule has 1 heterocycles. The third-order valence-electron chi connectivity index (χ3n) is 11.3. The van der Waals surface area contributed by atoms with Crippen molar-refractivity contribution >= 4 is 17.7 Å². The maximum Gasteiger partial charge on any atom is 0.269 e. The summed E-state index contributed by atoms with van der Waals surface area (Å²) in [7, 11) is 0. The second kappa shape index (κ2) is 9.17. The molecule has 1 aliphatic heterocycles. The van der Waals surface area contributed by atoms with Gasteiger partial charge < -0.3 is 4.74 Å². The highest BCUT2D eigenvalue weighted by molar-refractivity contribution is 5.85. The van der Waals surface area contributed by atoms with E-state index in [0.29, 0.717) is 23.5 Å². The number of allylic oxidation sites excluding steroid dienone is 3. The summed E-state index contributed by atoms with van der Waals surface area (Å²) in [5, 5.41) is 11.2. The van der Waals surface area contributed by atoms with Gasteiger partial charge in [0.05, 0.1) is 10.8 Å². The summed E-state index contributed by atoms with van der Waals surface area (Å²) in [6, 6.07) is 6.17. The first-order chi connectivity index (χ1) is 18.2. The summed E-state index contributed by atoms with van der Waals surface area (Å²) in [5.41, 5.74) is 0.425. The molecule has 0 N–H and O–H groups in total. The Morgan fingerprint density at radius 2 is 1.79 bits per heavy atom. The summed E-state index contributed by atoms with van der Waals surface area (Å²) in [6.07, 6.45) is 18.1. The smallest absolute Gasteiger partial charge is 0.269 e.